The summed E-state index contributed by atoms with van der Waals surface area (Å²) in [4.78, 5) is 29.5. The Labute approximate surface area is 165 Å². The molecule has 0 N–H and O–H groups in total. The highest BCUT2D eigenvalue weighted by atomic mass is 16.2. The monoisotopic (exact) mass is 373 g/mol. The van der Waals surface area contributed by atoms with E-state index in [9.17, 15) is 14.9 Å². The molecule has 0 saturated carbocycles. The summed E-state index contributed by atoms with van der Waals surface area (Å²) in [7, 11) is 1.90. The lowest BCUT2D eigenvalue weighted by atomic mass is 9.81. The van der Waals surface area contributed by atoms with Gasteiger partial charge >= 0.3 is 0 Å². The first-order chi connectivity index (χ1) is 13.6. The van der Waals surface area contributed by atoms with Crippen molar-refractivity contribution in [1.82, 2.24) is 9.80 Å². The molecular formula is C23H23N3O2. The highest BCUT2D eigenvalue weighted by Crippen LogP contribution is 2.45. The van der Waals surface area contributed by atoms with Crippen molar-refractivity contribution in [1.29, 1.82) is 5.26 Å². The van der Waals surface area contributed by atoms with Crippen LogP contribution < -0.4 is 0 Å². The van der Waals surface area contributed by atoms with Gasteiger partial charge in [-0.15, -0.1) is 0 Å². The number of piperidine rings is 1. The Balaban J connectivity index is 1.50. The quantitative estimate of drug-likeness (QED) is 0.812. The third kappa shape index (κ3) is 2.95. The van der Waals surface area contributed by atoms with E-state index in [2.05, 4.69) is 6.07 Å². The fourth-order valence-electron chi connectivity index (χ4n) is 4.62. The van der Waals surface area contributed by atoms with Crippen LogP contribution in [0, 0.1) is 11.3 Å². The largest absolute Gasteiger partial charge is 0.339 e. The first kappa shape index (κ1) is 18.2. The smallest absolute Gasteiger partial charge is 0.255 e. The van der Waals surface area contributed by atoms with Crippen LogP contribution in [0.1, 0.15) is 46.7 Å². The Morgan fingerprint density at radius 2 is 1.71 bits per heavy atom. The maximum absolute atomic E-state index is 12.9. The molecule has 5 heteroatoms. The van der Waals surface area contributed by atoms with Gasteiger partial charge in [0.05, 0.1) is 23.1 Å². The van der Waals surface area contributed by atoms with Crippen molar-refractivity contribution in [3.8, 4) is 6.07 Å². The normalized spacial score (nSPS) is 21.0. The lowest BCUT2D eigenvalue weighted by molar-refractivity contribution is -0.131. The molecule has 2 fully saturated rings. The minimum absolute atomic E-state index is 0.0985. The Morgan fingerprint density at radius 3 is 2.39 bits per heavy atom. The number of nitrogens with zero attached hydrogens (tertiary/aromatic N) is 3. The van der Waals surface area contributed by atoms with Crippen LogP contribution in [0.25, 0.3) is 0 Å². The Morgan fingerprint density at radius 1 is 1.07 bits per heavy atom. The fraction of sp³-hybridized carbons (Fsp3) is 0.348. The van der Waals surface area contributed by atoms with Crippen molar-refractivity contribution in [2.75, 3.05) is 20.1 Å². The van der Waals surface area contributed by atoms with Crippen molar-refractivity contribution >= 4 is 11.8 Å². The van der Waals surface area contributed by atoms with Gasteiger partial charge in [0.15, 0.2) is 0 Å². The van der Waals surface area contributed by atoms with Gasteiger partial charge in [-0.2, -0.15) is 5.26 Å². The van der Waals surface area contributed by atoms with Gasteiger partial charge in [0.1, 0.15) is 0 Å². The van der Waals surface area contributed by atoms with Gasteiger partial charge in [0, 0.05) is 25.7 Å². The molecule has 5 nitrogen and oxygen atoms in total. The van der Waals surface area contributed by atoms with Crippen LogP contribution in [0.3, 0.4) is 0 Å². The molecule has 142 valence electrons. The van der Waals surface area contributed by atoms with E-state index in [1.165, 1.54) is 0 Å². The number of carbonyl (C=O) groups excluding carboxylic acids is 2. The summed E-state index contributed by atoms with van der Waals surface area (Å²) in [5, 5.41) is 9.27. The lowest BCUT2D eigenvalue weighted by Crippen LogP contribution is -2.52. The summed E-state index contributed by atoms with van der Waals surface area (Å²) >= 11 is 0. The van der Waals surface area contributed by atoms with E-state index in [0.29, 0.717) is 24.2 Å². The zero-order chi connectivity index (χ0) is 19.7. The average molecular weight is 373 g/mol. The molecular weight excluding hydrogens is 350 g/mol. The van der Waals surface area contributed by atoms with E-state index in [1.54, 1.807) is 24.3 Å². The fourth-order valence-corrected chi connectivity index (χ4v) is 4.62. The van der Waals surface area contributed by atoms with Crippen molar-refractivity contribution in [2.45, 2.75) is 30.7 Å². The lowest BCUT2D eigenvalue weighted by Gasteiger charge is -2.43. The molecule has 0 aromatic heterocycles. The van der Waals surface area contributed by atoms with Crippen LogP contribution in [0.4, 0.5) is 0 Å². The van der Waals surface area contributed by atoms with Gasteiger partial charge in [-0.3, -0.25) is 9.59 Å². The van der Waals surface area contributed by atoms with Gasteiger partial charge in [0.2, 0.25) is 5.91 Å². The molecule has 4 rings (SSSR count). The predicted octanol–water partition coefficient (Wildman–Crippen LogP) is 3.18. The molecule has 0 unspecified atom stereocenters. The molecule has 2 aliphatic heterocycles. The van der Waals surface area contributed by atoms with Crippen molar-refractivity contribution in [2.24, 2.45) is 0 Å². The number of carbonyl (C=O) groups is 2. The van der Waals surface area contributed by atoms with Crippen molar-refractivity contribution < 1.29 is 9.59 Å². The van der Waals surface area contributed by atoms with Gasteiger partial charge in [-0.25, -0.2) is 0 Å². The summed E-state index contributed by atoms with van der Waals surface area (Å²) in [5.41, 5.74) is 1.74. The molecule has 2 aliphatic rings. The molecule has 2 saturated heterocycles. The minimum atomic E-state index is -0.191. The highest BCUT2D eigenvalue weighted by molar-refractivity contribution is 5.96. The summed E-state index contributed by atoms with van der Waals surface area (Å²) in [5.74, 6) is -0.0350. The van der Waals surface area contributed by atoms with Crippen LogP contribution in [0.2, 0.25) is 0 Å². The van der Waals surface area contributed by atoms with Crippen molar-refractivity contribution in [3.05, 3.63) is 71.3 Å². The highest BCUT2D eigenvalue weighted by Gasteiger charge is 2.50. The van der Waals surface area contributed by atoms with Gasteiger partial charge in [-0.1, -0.05) is 42.5 Å². The standard InChI is InChI=1S/C23H23N3O2/c1-25-21(27)20(17-7-3-2-4-8-17)15-23(25)11-13-26(14-12-23)22(28)19-10-6-5-9-18(19)16-24/h2-10,20H,11-15H2,1H3/t20-/m1/s1. The number of hydrogen-bond acceptors (Lipinski definition) is 3. The van der Waals surface area contributed by atoms with E-state index in [4.69, 9.17) is 0 Å². The number of rotatable bonds is 2. The van der Waals surface area contributed by atoms with E-state index in [0.717, 1.165) is 24.8 Å². The number of benzene rings is 2. The minimum Gasteiger partial charge on any atom is -0.339 e. The van der Waals surface area contributed by atoms with Crippen molar-refractivity contribution in [3.63, 3.8) is 0 Å². The summed E-state index contributed by atoms with van der Waals surface area (Å²) in [6, 6.07) is 19.0. The second-order valence-corrected chi connectivity index (χ2v) is 7.74. The van der Waals surface area contributed by atoms with Crippen LogP contribution in [-0.2, 0) is 4.79 Å². The molecule has 2 amide bonds. The van der Waals surface area contributed by atoms with E-state index < -0.39 is 0 Å². The van der Waals surface area contributed by atoms with E-state index in [-0.39, 0.29) is 23.3 Å². The molecule has 2 aromatic carbocycles. The SMILES string of the molecule is CN1C(=O)[C@@H](c2ccccc2)CC12CCN(C(=O)c1ccccc1C#N)CC2. The van der Waals surface area contributed by atoms with Crippen LogP contribution >= 0.6 is 0 Å². The molecule has 1 spiro atoms. The Hall–Kier alpha value is -3.13. The Kier molecular flexibility index (Phi) is 4.64. The zero-order valence-corrected chi connectivity index (χ0v) is 16.0. The molecule has 0 radical (unpaired) electrons. The van der Waals surface area contributed by atoms with Crippen LogP contribution in [-0.4, -0.2) is 47.3 Å². The molecule has 28 heavy (non-hydrogen) atoms. The average Bonchev–Trinajstić information content (AvgIpc) is 2.99. The molecule has 1 atom stereocenters. The number of hydrogen-bond donors (Lipinski definition) is 0. The summed E-state index contributed by atoms with van der Waals surface area (Å²) in [6.07, 6.45) is 2.32. The molecule has 0 aliphatic carbocycles. The molecule has 2 aromatic rings. The second kappa shape index (κ2) is 7.12. The summed E-state index contributed by atoms with van der Waals surface area (Å²) in [6.45, 7) is 1.19. The van der Waals surface area contributed by atoms with Crippen LogP contribution in [0.15, 0.2) is 54.6 Å². The number of nitriles is 1. The maximum Gasteiger partial charge on any atom is 0.255 e. The van der Waals surface area contributed by atoms with Gasteiger partial charge < -0.3 is 9.80 Å². The predicted molar refractivity (Wildman–Crippen MR) is 106 cm³/mol. The third-order valence-corrected chi connectivity index (χ3v) is 6.39. The van der Waals surface area contributed by atoms with Gasteiger partial charge in [-0.05, 0) is 37.0 Å². The number of likely N-dealkylation sites (N-methyl/N-ethyl adjacent to an activating group) is 1. The topological polar surface area (TPSA) is 64.4 Å². The third-order valence-electron chi connectivity index (χ3n) is 6.39. The zero-order valence-electron chi connectivity index (χ0n) is 16.0. The van der Waals surface area contributed by atoms with Crippen LogP contribution in [0.5, 0.6) is 0 Å². The first-order valence-electron chi connectivity index (χ1n) is 9.67. The Bertz CT molecular complexity index is 940. The maximum atomic E-state index is 12.9. The number of likely N-dealkylation sites (tertiary alicyclic amines) is 2. The first-order valence-corrected chi connectivity index (χ1v) is 9.67. The second-order valence-electron chi connectivity index (χ2n) is 7.74. The van der Waals surface area contributed by atoms with Gasteiger partial charge in [0.25, 0.3) is 5.91 Å². The molecule has 2 heterocycles. The number of amides is 2. The molecule has 0 bridgehead atoms. The van der Waals surface area contributed by atoms with E-state index >= 15 is 0 Å². The summed E-state index contributed by atoms with van der Waals surface area (Å²) < 4.78 is 0. The van der Waals surface area contributed by atoms with E-state index in [1.807, 2.05) is 47.2 Å².